The lowest BCUT2D eigenvalue weighted by atomic mass is 10.0. The van der Waals surface area contributed by atoms with Crippen LogP contribution in [0.5, 0.6) is 0 Å². The molecular weight excluding hydrogens is 278 g/mol. The molecule has 0 saturated heterocycles. The summed E-state index contributed by atoms with van der Waals surface area (Å²) in [6.07, 6.45) is 0.927. The molecule has 2 aromatic rings. The predicted octanol–water partition coefficient (Wildman–Crippen LogP) is 0.877. The molecule has 7 nitrogen and oxygen atoms in total. The number of rotatable bonds is 6. The maximum atomic E-state index is 12.1. The zero-order chi connectivity index (χ0) is 14.6. The van der Waals surface area contributed by atoms with Crippen LogP contribution in [-0.4, -0.2) is 29.0 Å². The molecular formula is C12H17N5O2S. The normalized spacial score (nSPS) is 11.9. The molecule has 8 heteroatoms. The van der Waals surface area contributed by atoms with Gasteiger partial charge < -0.3 is 0 Å². The average Bonchev–Trinajstić information content (AvgIpc) is 2.89. The zero-order valence-corrected chi connectivity index (χ0v) is 12.2. The molecule has 20 heavy (non-hydrogen) atoms. The quantitative estimate of drug-likeness (QED) is 0.823. The van der Waals surface area contributed by atoms with Gasteiger partial charge in [0.15, 0.2) is 5.82 Å². The van der Waals surface area contributed by atoms with Gasteiger partial charge in [-0.15, -0.1) is 10.2 Å². The summed E-state index contributed by atoms with van der Waals surface area (Å²) in [4.78, 5) is 0.230. The van der Waals surface area contributed by atoms with E-state index in [1.54, 1.807) is 12.1 Å². The van der Waals surface area contributed by atoms with Crippen molar-refractivity contribution in [3.63, 3.8) is 0 Å². The number of aromatic amines is 1. The Balaban J connectivity index is 2.05. The molecule has 0 saturated carbocycles. The Morgan fingerprint density at radius 1 is 1.25 bits per heavy atom. The Bertz CT molecular complexity index is 635. The summed E-state index contributed by atoms with van der Waals surface area (Å²) in [6.45, 7) is 4.25. The number of sulfonamides is 1. The van der Waals surface area contributed by atoms with Crippen molar-refractivity contribution in [2.75, 3.05) is 0 Å². The van der Waals surface area contributed by atoms with Crippen molar-refractivity contribution >= 4 is 10.0 Å². The zero-order valence-electron chi connectivity index (χ0n) is 11.4. The van der Waals surface area contributed by atoms with Crippen LogP contribution in [0.2, 0.25) is 0 Å². The van der Waals surface area contributed by atoms with E-state index >= 15 is 0 Å². The van der Waals surface area contributed by atoms with E-state index in [-0.39, 0.29) is 11.4 Å². The fourth-order valence-electron chi connectivity index (χ4n) is 1.78. The maximum absolute atomic E-state index is 12.1. The molecule has 1 aromatic heterocycles. The van der Waals surface area contributed by atoms with Crippen molar-refractivity contribution in [1.29, 1.82) is 0 Å². The molecule has 2 N–H and O–H groups in total. The van der Waals surface area contributed by atoms with E-state index < -0.39 is 10.0 Å². The number of tetrazole rings is 1. The number of benzene rings is 1. The number of aromatic nitrogens is 4. The van der Waals surface area contributed by atoms with E-state index in [2.05, 4.69) is 39.2 Å². The third-order valence-electron chi connectivity index (χ3n) is 2.69. The van der Waals surface area contributed by atoms with Crippen molar-refractivity contribution in [2.45, 2.75) is 31.7 Å². The lowest BCUT2D eigenvalue weighted by molar-refractivity contribution is 0.579. The molecule has 108 valence electrons. The predicted molar refractivity (Wildman–Crippen MR) is 73.2 cm³/mol. The fourth-order valence-corrected chi connectivity index (χ4v) is 2.76. The molecule has 0 aliphatic carbocycles. The number of hydrogen-bond acceptors (Lipinski definition) is 5. The Morgan fingerprint density at radius 3 is 2.50 bits per heavy atom. The minimum atomic E-state index is -3.55. The van der Waals surface area contributed by atoms with Gasteiger partial charge in [-0.25, -0.2) is 13.1 Å². The smallest absolute Gasteiger partial charge is 0.207 e. The van der Waals surface area contributed by atoms with E-state index in [0.717, 1.165) is 12.0 Å². The minimum absolute atomic E-state index is 0.00653. The summed E-state index contributed by atoms with van der Waals surface area (Å²) >= 11 is 0. The van der Waals surface area contributed by atoms with Gasteiger partial charge in [0.25, 0.3) is 0 Å². The summed E-state index contributed by atoms with van der Waals surface area (Å²) < 4.78 is 26.6. The lowest BCUT2D eigenvalue weighted by Gasteiger charge is -2.07. The van der Waals surface area contributed by atoms with Crippen LogP contribution in [0.15, 0.2) is 29.2 Å². The van der Waals surface area contributed by atoms with Crippen LogP contribution in [0.1, 0.15) is 25.2 Å². The molecule has 0 fully saturated rings. The van der Waals surface area contributed by atoms with Crippen LogP contribution in [-0.2, 0) is 23.0 Å². The number of H-pyrrole nitrogens is 1. The van der Waals surface area contributed by atoms with E-state index in [4.69, 9.17) is 0 Å². The molecule has 0 unspecified atom stereocenters. The second-order valence-corrected chi connectivity index (χ2v) is 6.66. The first-order valence-corrected chi connectivity index (χ1v) is 7.76. The highest BCUT2D eigenvalue weighted by atomic mass is 32.2. The molecule has 0 spiro atoms. The molecule has 0 amide bonds. The maximum Gasteiger partial charge on any atom is 0.240 e. The first kappa shape index (κ1) is 14.6. The van der Waals surface area contributed by atoms with Gasteiger partial charge in [0, 0.05) is 0 Å². The molecule has 0 aliphatic heterocycles. The Kier molecular flexibility index (Phi) is 4.46. The summed E-state index contributed by atoms with van der Waals surface area (Å²) in [7, 11) is -3.55. The van der Waals surface area contributed by atoms with Gasteiger partial charge in [-0.2, -0.15) is 5.21 Å². The molecule has 0 radical (unpaired) electrons. The summed E-state index contributed by atoms with van der Waals surface area (Å²) in [5.41, 5.74) is 1.12. The molecule has 0 aliphatic rings. The van der Waals surface area contributed by atoms with Gasteiger partial charge in [0.2, 0.25) is 10.0 Å². The lowest BCUT2D eigenvalue weighted by Crippen LogP contribution is -2.23. The largest absolute Gasteiger partial charge is 0.240 e. The molecule has 1 aromatic carbocycles. The van der Waals surface area contributed by atoms with Crippen molar-refractivity contribution in [3.8, 4) is 0 Å². The van der Waals surface area contributed by atoms with Gasteiger partial charge in [0.1, 0.15) is 0 Å². The van der Waals surface area contributed by atoms with Crippen molar-refractivity contribution in [1.82, 2.24) is 25.3 Å². The highest BCUT2D eigenvalue weighted by molar-refractivity contribution is 7.89. The van der Waals surface area contributed by atoms with Crippen molar-refractivity contribution < 1.29 is 8.42 Å². The van der Waals surface area contributed by atoms with E-state index in [9.17, 15) is 8.42 Å². The van der Waals surface area contributed by atoms with E-state index in [0.29, 0.717) is 11.7 Å². The van der Waals surface area contributed by atoms with Crippen LogP contribution < -0.4 is 4.72 Å². The standard InChI is InChI=1S/C12H17N5O2S/c1-9(2)7-10-3-5-11(6-4-10)20(18,19)13-8-12-14-16-17-15-12/h3-6,9,13H,7-8H2,1-2H3,(H,14,15,16,17). The second-order valence-electron chi connectivity index (χ2n) is 4.89. The van der Waals surface area contributed by atoms with Gasteiger partial charge in [-0.05, 0) is 30.0 Å². The highest BCUT2D eigenvalue weighted by Gasteiger charge is 2.14. The second kappa shape index (κ2) is 6.10. The molecule has 0 atom stereocenters. The van der Waals surface area contributed by atoms with Crippen LogP contribution in [0, 0.1) is 5.92 Å². The summed E-state index contributed by atoms with van der Waals surface area (Å²) in [6, 6.07) is 6.89. The van der Waals surface area contributed by atoms with Gasteiger partial charge in [-0.1, -0.05) is 31.2 Å². The van der Waals surface area contributed by atoms with Gasteiger partial charge in [-0.3, -0.25) is 0 Å². The van der Waals surface area contributed by atoms with Gasteiger partial charge >= 0.3 is 0 Å². The SMILES string of the molecule is CC(C)Cc1ccc(S(=O)(=O)NCc2nn[nH]n2)cc1. The fraction of sp³-hybridized carbons (Fsp3) is 0.417. The molecule has 0 bridgehead atoms. The minimum Gasteiger partial charge on any atom is -0.207 e. The van der Waals surface area contributed by atoms with Crippen LogP contribution in [0.3, 0.4) is 0 Å². The molecule has 1 heterocycles. The van der Waals surface area contributed by atoms with Crippen LogP contribution >= 0.6 is 0 Å². The third kappa shape index (κ3) is 3.84. The van der Waals surface area contributed by atoms with Crippen LogP contribution in [0.4, 0.5) is 0 Å². The van der Waals surface area contributed by atoms with Gasteiger partial charge in [0.05, 0.1) is 11.4 Å². The first-order chi connectivity index (χ1) is 9.47. The van der Waals surface area contributed by atoms with Crippen LogP contribution in [0.25, 0.3) is 0 Å². The molecule has 2 rings (SSSR count). The van der Waals surface area contributed by atoms with Crippen molar-refractivity contribution in [2.24, 2.45) is 5.92 Å². The summed E-state index contributed by atoms with van der Waals surface area (Å²) in [5, 5.41) is 13.0. The number of nitrogens with zero attached hydrogens (tertiary/aromatic N) is 3. The first-order valence-electron chi connectivity index (χ1n) is 6.28. The monoisotopic (exact) mass is 295 g/mol. The number of hydrogen-bond donors (Lipinski definition) is 2. The third-order valence-corrected chi connectivity index (χ3v) is 4.10. The van der Waals surface area contributed by atoms with Crippen molar-refractivity contribution in [3.05, 3.63) is 35.7 Å². The van der Waals surface area contributed by atoms with E-state index in [1.807, 2.05) is 12.1 Å². The Hall–Kier alpha value is -1.80. The number of nitrogens with one attached hydrogen (secondary N) is 2. The highest BCUT2D eigenvalue weighted by Crippen LogP contribution is 2.13. The average molecular weight is 295 g/mol. The Morgan fingerprint density at radius 2 is 1.95 bits per heavy atom. The topological polar surface area (TPSA) is 101 Å². The van der Waals surface area contributed by atoms with E-state index in [1.165, 1.54) is 0 Å². The summed E-state index contributed by atoms with van der Waals surface area (Å²) in [5.74, 6) is 0.832. The Labute approximate surface area is 117 Å².